The van der Waals surface area contributed by atoms with Gasteiger partial charge in [-0.3, -0.25) is 14.4 Å². The zero-order valence-corrected chi connectivity index (χ0v) is 28.8. The van der Waals surface area contributed by atoms with E-state index in [1.54, 1.807) is 37.4 Å². The quantitative estimate of drug-likeness (QED) is 0.194. The molecule has 0 aliphatic carbocycles. The Bertz CT molecular complexity index is 2230. The van der Waals surface area contributed by atoms with Gasteiger partial charge in [0.2, 0.25) is 29.5 Å². The highest BCUT2D eigenvalue weighted by Crippen LogP contribution is 2.35. The molecule has 3 amide bonds. The number of thiazole rings is 2. The molecule has 0 radical (unpaired) electrons. The predicted octanol–water partition coefficient (Wildman–Crippen LogP) is 6.04. The van der Waals surface area contributed by atoms with Gasteiger partial charge in [0.25, 0.3) is 5.91 Å². The van der Waals surface area contributed by atoms with Crippen molar-refractivity contribution >= 4 is 46.1 Å². The van der Waals surface area contributed by atoms with Crippen LogP contribution in [0.25, 0.3) is 61.6 Å². The fraction of sp³-hybridized carbons (Fsp3) is 0.235. The number of allylic oxidation sites excluding steroid dienone is 1. The number of aromatic nitrogens is 5. The van der Waals surface area contributed by atoms with Crippen LogP contribution in [0.3, 0.4) is 0 Å². The topological polar surface area (TPSA) is 191 Å². The summed E-state index contributed by atoms with van der Waals surface area (Å²) in [7, 11) is 0. The first-order chi connectivity index (χ1) is 24.2. The summed E-state index contributed by atoms with van der Waals surface area (Å²) in [5.41, 5.74) is 2.70. The molecule has 10 bridgehead atoms. The molecule has 6 heterocycles. The maximum absolute atomic E-state index is 13.9. The molecular formula is C34H30N8O6S2. The summed E-state index contributed by atoms with van der Waals surface area (Å²) in [4.78, 5) is 63.9. The van der Waals surface area contributed by atoms with E-state index in [0.717, 1.165) is 0 Å². The summed E-state index contributed by atoms with van der Waals surface area (Å²) in [6.07, 6.45) is 5.03. The summed E-state index contributed by atoms with van der Waals surface area (Å²) in [5.74, 6) is -1.31. The molecule has 0 fully saturated rings. The van der Waals surface area contributed by atoms with Crippen LogP contribution in [0.5, 0.6) is 0 Å². The summed E-state index contributed by atoms with van der Waals surface area (Å²) in [6, 6.07) is 7.10. The van der Waals surface area contributed by atoms with Gasteiger partial charge in [0.1, 0.15) is 51.7 Å². The van der Waals surface area contributed by atoms with Crippen LogP contribution in [-0.2, 0) is 9.59 Å². The molecule has 7 rings (SSSR count). The Balaban J connectivity index is 1.31. The number of rotatable bonds is 3. The third-order valence-electron chi connectivity index (χ3n) is 8.08. The maximum atomic E-state index is 13.9. The predicted molar refractivity (Wildman–Crippen MR) is 185 cm³/mol. The van der Waals surface area contributed by atoms with Gasteiger partial charge in [-0.15, -0.1) is 22.7 Å². The molecule has 0 saturated carbocycles. The minimum absolute atomic E-state index is 0.0112. The van der Waals surface area contributed by atoms with E-state index in [4.69, 9.17) is 23.2 Å². The Morgan fingerprint density at radius 2 is 1.50 bits per heavy atom. The number of hydrogen-bond acceptors (Lipinski definition) is 13. The fourth-order valence-corrected chi connectivity index (χ4v) is 6.68. The van der Waals surface area contributed by atoms with E-state index in [2.05, 4.69) is 30.9 Å². The van der Waals surface area contributed by atoms with E-state index in [1.165, 1.54) is 35.2 Å². The van der Waals surface area contributed by atoms with E-state index in [1.807, 2.05) is 37.4 Å². The van der Waals surface area contributed by atoms with Crippen LogP contribution in [0, 0.1) is 5.92 Å². The van der Waals surface area contributed by atoms with Crippen LogP contribution in [0.2, 0.25) is 0 Å². The number of hydrogen-bond donors (Lipinski definition) is 3. The Morgan fingerprint density at radius 3 is 2.26 bits per heavy atom. The highest BCUT2D eigenvalue weighted by molar-refractivity contribution is 7.15. The van der Waals surface area contributed by atoms with E-state index in [9.17, 15) is 14.4 Å². The van der Waals surface area contributed by atoms with Gasteiger partial charge in [-0.05, 0) is 19.8 Å². The van der Waals surface area contributed by atoms with Gasteiger partial charge >= 0.3 is 0 Å². The average molecular weight is 711 g/mol. The number of carbonyl (C=O) groups excluding carboxylic acids is 3. The van der Waals surface area contributed by atoms with E-state index in [0.29, 0.717) is 44.8 Å². The van der Waals surface area contributed by atoms with Crippen molar-refractivity contribution in [3.8, 4) is 55.9 Å². The number of benzene rings is 1. The van der Waals surface area contributed by atoms with E-state index < -0.39 is 29.8 Å². The number of amides is 3. The van der Waals surface area contributed by atoms with Crippen molar-refractivity contribution in [2.24, 2.45) is 5.92 Å². The largest absolute Gasteiger partial charge is 0.443 e. The lowest BCUT2D eigenvalue weighted by Crippen LogP contribution is -2.54. The molecule has 5 aromatic heterocycles. The van der Waals surface area contributed by atoms with Gasteiger partial charge in [-0.2, -0.15) is 0 Å². The van der Waals surface area contributed by atoms with Crippen LogP contribution in [0.1, 0.15) is 50.5 Å². The second-order valence-corrected chi connectivity index (χ2v) is 13.2. The van der Waals surface area contributed by atoms with Gasteiger partial charge in [0.15, 0.2) is 17.1 Å². The van der Waals surface area contributed by atoms with Crippen molar-refractivity contribution in [2.75, 3.05) is 0 Å². The normalized spacial score (nSPS) is 18.2. The van der Waals surface area contributed by atoms with Crippen molar-refractivity contribution in [2.45, 2.75) is 46.2 Å². The van der Waals surface area contributed by atoms with Gasteiger partial charge in [-0.25, -0.2) is 24.9 Å². The average Bonchev–Trinajstić information content (AvgIpc) is 3.97. The second-order valence-electron chi connectivity index (χ2n) is 11.5. The molecule has 3 atom stereocenters. The van der Waals surface area contributed by atoms with Crippen LogP contribution in [-0.4, -0.2) is 54.7 Å². The fourth-order valence-electron chi connectivity index (χ4n) is 5.10. The Morgan fingerprint density at radius 1 is 0.820 bits per heavy atom. The summed E-state index contributed by atoms with van der Waals surface area (Å²) < 4.78 is 17.5. The van der Waals surface area contributed by atoms with Crippen LogP contribution in [0.15, 0.2) is 72.9 Å². The first-order valence-corrected chi connectivity index (χ1v) is 17.5. The summed E-state index contributed by atoms with van der Waals surface area (Å²) in [5, 5.41) is 13.2. The molecule has 1 aliphatic heterocycles. The molecule has 254 valence electrons. The lowest BCUT2D eigenvalue weighted by Gasteiger charge is -2.25. The van der Waals surface area contributed by atoms with Crippen molar-refractivity contribution in [1.82, 2.24) is 40.9 Å². The molecule has 1 aromatic carbocycles. The third kappa shape index (κ3) is 6.37. The van der Waals surface area contributed by atoms with Crippen LogP contribution < -0.4 is 16.0 Å². The second kappa shape index (κ2) is 13.6. The standard InChI is InChI=1S/C34H30N8O6S2/c1-5-16(3)24-28(44)35-17(4)27(43)36-19(6-2)30-37-20(12-46-30)31-38-21(13-47-31)33-40-23(15-50-33)34-39-22(14-49-34)32-42-25(29(45)41-24)26(48-32)18-10-8-7-9-11-18/h6-17,24H,5H2,1-4H3,(H,35,44)(H,36,43)(H,41,45)/b19-6+/t16-,17-,24+/m0/s1. The van der Waals surface area contributed by atoms with Gasteiger partial charge in [0, 0.05) is 16.3 Å². The van der Waals surface area contributed by atoms with Crippen LogP contribution in [0.4, 0.5) is 0 Å². The van der Waals surface area contributed by atoms with Gasteiger partial charge in [-0.1, -0.05) is 56.7 Å². The highest BCUT2D eigenvalue weighted by Gasteiger charge is 2.32. The summed E-state index contributed by atoms with van der Waals surface area (Å²) >= 11 is 2.71. The molecule has 50 heavy (non-hydrogen) atoms. The SMILES string of the molecule is C/C=C1/NC(=O)[C@H](C)NC(=O)[C@@H]([C@@H](C)CC)NC(=O)c2nc(oc2-c2ccccc2)-c2csc(n2)-c2csc(n2)-c2coc(n2)-c2coc1n2. The molecule has 1 aliphatic rings. The van der Waals surface area contributed by atoms with Gasteiger partial charge < -0.3 is 29.2 Å². The number of carbonyl (C=O) groups is 3. The highest BCUT2D eigenvalue weighted by atomic mass is 32.1. The first-order valence-electron chi connectivity index (χ1n) is 15.7. The smallest absolute Gasteiger partial charge is 0.274 e. The molecule has 0 spiro atoms. The molecular weight excluding hydrogens is 681 g/mol. The number of nitrogens with one attached hydrogen (secondary N) is 3. The molecule has 0 saturated heterocycles. The number of oxazole rings is 3. The zero-order valence-electron chi connectivity index (χ0n) is 27.2. The van der Waals surface area contributed by atoms with E-state index in [-0.39, 0.29) is 40.7 Å². The van der Waals surface area contributed by atoms with Crippen LogP contribution >= 0.6 is 22.7 Å². The monoisotopic (exact) mass is 710 g/mol. The minimum atomic E-state index is -0.997. The zero-order chi connectivity index (χ0) is 34.9. The first kappa shape index (κ1) is 32.8. The van der Waals surface area contributed by atoms with E-state index >= 15 is 0 Å². The molecule has 14 nitrogen and oxygen atoms in total. The number of fused-ring (bicyclic) bond motifs is 14. The summed E-state index contributed by atoms with van der Waals surface area (Å²) in [6.45, 7) is 6.99. The maximum Gasteiger partial charge on any atom is 0.274 e. The third-order valence-corrected chi connectivity index (χ3v) is 9.81. The Labute approximate surface area is 293 Å². The lowest BCUT2D eigenvalue weighted by molar-refractivity contribution is -0.129. The molecule has 0 unspecified atom stereocenters. The lowest BCUT2D eigenvalue weighted by atomic mass is 9.97. The molecule has 16 heteroatoms. The Hall–Kier alpha value is -5.74. The Kier molecular flexibility index (Phi) is 8.95. The molecule has 6 aromatic rings. The number of nitrogens with zero attached hydrogens (tertiary/aromatic N) is 5. The van der Waals surface area contributed by atoms with Crippen molar-refractivity contribution in [3.63, 3.8) is 0 Å². The van der Waals surface area contributed by atoms with Crippen molar-refractivity contribution < 1.29 is 27.6 Å². The van der Waals surface area contributed by atoms with Crippen molar-refractivity contribution in [1.29, 1.82) is 0 Å². The van der Waals surface area contributed by atoms with Crippen molar-refractivity contribution in [3.05, 3.63) is 71.3 Å². The van der Waals surface area contributed by atoms with Gasteiger partial charge in [0.05, 0.1) is 5.70 Å². The minimum Gasteiger partial charge on any atom is -0.443 e. The molecule has 3 N–H and O–H groups in total.